The van der Waals surface area contributed by atoms with E-state index in [1.54, 1.807) is 6.92 Å². The zero-order chi connectivity index (χ0) is 13.7. The van der Waals surface area contributed by atoms with Crippen LogP contribution in [0.15, 0.2) is 12.1 Å². The molecule has 0 amide bonds. The minimum Gasteiger partial charge on any atom is -0.310 e. The van der Waals surface area contributed by atoms with Gasteiger partial charge in [0.05, 0.1) is 0 Å². The van der Waals surface area contributed by atoms with Crippen LogP contribution in [0.3, 0.4) is 0 Å². The fraction of sp³-hybridized carbons (Fsp3) is 0.600. The van der Waals surface area contributed by atoms with Crippen LogP contribution < -0.4 is 5.32 Å². The topological polar surface area (TPSA) is 12.0 Å². The number of hydrogen-bond acceptors (Lipinski definition) is 1. The molecule has 0 heterocycles. The average Bonchev–Trinajstić information content (AvgIpc) is 2.35. The molecule has 102 valence electrons. The van der Waals surface area contributed by atoms with E-state index in [1.807, 2.05) is 0 Å². The third kappa shape index (κ3) is 3.52. The molecule has 0 aliphatic carbocycles. The van der Waals surface area contributed by atoms with Crippen molar-refractivity contribution in [3.8, 4) is 0 Å². The molecule has 0 aromatic heterocycles. The molecule has 0 saturated heterocycles. The molecule has 18 heavy (non-hydrogen) atoms. The van der Waals surface area contributed by atoms with Gasteiger partial charge in [0.1, 0.15) is 11.6 Å². The van der Waals surface area contributed by atoms with Crippen LogP contribution in [-0.2, 0) is 0 Å². The maximum atomic E-state index is 14.0. The van der Waals surface area contributed by atoms with Gasteiger partial charge in [0.15, 0.2) is 0 Å². The first-order valence-electron chi connectivity index (χ1n) is 6.70. The van der Waals surface area contributed by atoms with Crippen LogP contribution in [0.25, 0.3) is 0 Å². The first-order chi connectivity index (χ1) is 8.51. The average molecular weight is 255 g/mol. The molecule has 3 heteroatoms. The molecule has 2 atom stereocenters. The Kier molecular flexibility index (Phi) is 5.73. The predicted molar refractivity (Wildman–Crippen MR) is 71.6 cm³/mol. The summed E-state index contributed by atoms with van der Waals surface area (Å²) in [5.41, 5.74) is 0.801. The van der Waals surface area contributed by atoms with Crippen LogP contribution >= 0.6 is 0 Å². The molecule has 1 nitrogen and oxygen atoms in total. The van der Waals surface area contributed by atoms with Crippen LogP contribution in [-0.4, -0.2) is 6.54 Å². The molecule has 1 aromatic carbocycles. The third-order valence-corrected chi connectivity index (χ3v) is 3.44. The van der Waals surface area contributed by atoms with E-state index in [0.29, 0.717) is 11.1 Å². The normalized spacial score (nSPS) is 14.6. The largest absolute Gasteiger partial charge is 0.310 e. The Morgan fingerprint density at radius 3 is 2.39 bits per heavy atom. The molecule has 0 aliphatic rings. The van der Waals surface area contributed by atoms with Crippen LogP contribution in [0.1, 0.15) is 50.8 Å². The summed E-state index contributed by atoms with van der Waals surface area (Å²) in [4.78, 5) is 0. The number of halogens is 2. The van der Waals surface area contributed by atoms with Crippen molar-refractivity contribution in [3.05, 3.63) is 34.9 Å². The van der Waals surface area contributed by atoms with Gasteiger partial charge in [-0.05, 0) is 43.5 Å². The summed E-state index contributed by atoms with van der Waals surface area (Å²) in [6.07, 6.45) is 1.90. The first-order valence-corrected chi connectivity index (χ1v) is 6.70. The SMILES string of the molecule is CCCNC(c1cc(F)c(C)cc1F)C(C)CC. The van der Waals surface area contributed by atoms with Crippen LogP contribution in [0.5, 0.6) is 0 Å². The molecule has 1 rings (SSSR count). The Balaban J connectivity index is 3.07. The van der Waals surface area contributed by atoms with Gasteiger partial charge in [-0.25, -0.2) is 8.78 Å². The maximum absolute atomic E-state index is 14.0. The Labute approximate surface area is 109 Å². The second-order valence-corrected chi connectivity index (χ2v) is 4.94. The molecule has 0 aliphatic heterocycles. The fourth-order valence-corrected chi connectivity index (χ4v) is 2.05. The highest BCUT2D eigenvalue weighted by atomic mass is 19.1. The molecule has 0 radical (unpaired) electrons. The number of hydrogen-bond donors (Lipinski definition) is 1. The number of benzene rings is 1. The number of nitrogens with one attached hydrogen (secondary N) is 1. The molecular formula is C15H23F2N. The van der Waals surface area contributed by atoms with Gasteiger partial charge in [-0.1, -0.05) is 27.2 Å². The second-order valence-electron chi connectivity index (χ2n) is 4.94. The van der Waals surface area contributed by atoms with Crippen LogP contribution in [0.2, 0.25) is 0 Å². The van der Waals surface area contributed by atoms with Crippen molar-refractivity contribution in [1.82, 2.24) is 5.32 Å². The monoisotopic (exact) mass is 255 g/mol. The number of rotatable bonds is 6. The van der Waals surface area contributed by atoms with Gasteiger partial charge >= 0.3 is 0 Å². The van der Waals surface area contributed by atoms with Gasteiger partial charge in [-0.2, -0.15) is 0 Å². The van der Waals surface area contributed by atoms with E-state index in [1.165, 1.54) is 12.1 Å². The summed E-state index contributed by atoms with van der Waals surface area (Å²) in [7, 11) is 0. The van der Waals surface area contributed by atoms with Crippen molar-refractivity contribution < 1.29 is 8.78 Å². The lowest BCUT2D eigenvalue weighted by atomic mass is 9.91. The first kappa shape index (κ1) is 15.1. The summed E-state index contributed by atoms with van der Waals surface area (Å²) in [5.74, 6) is -0.381. The van der Waals surface area contributed by atoms with E-state index < -0.39 is 0 Å². The molecule has 0 spiro atoms. The summed E-state index contributed by atoms with van der Waals surface area (Å²) >= 11 is 0. The van der Waals surface area contributed by atoms with Crippen molar-refractivity contribution >= 4 is 0 Å². The van der Waals surface area contributed by atoms with Crippen molar-refractivity contribution in [2.45, 2.75) is 46.6 Å². The van der Waals surface area contributed by atoms with Crippen LogP contribution in [0.4, 0.5) is 8.78 Å². The standard InChI is InChI=1S/C15H23F2N/c1-5-7-18-15(10(3)6-2)12-9-13(16)11(4)8-14(12)17/h8-10,15,18H,5-7H2,1-4H3. The molecule has 1 N–H and O–H groups in total. The van der Waals surface area contributed by atoms with Crippen molar-refractivity contribution in [2.24, 2.45) is 5.92 Å². The van der Waals surface area contributed by atoms with Gasteiger partial charge in [-0.15, -0.1) is 0 Å². The summed E-state index contributed by atoms with van der Waals surface area (Å²) in [5, 5.41) is 3.32. The minimum atomic E-state index is -0.335. The molecule has 0 saturated carbocycles. The fourth-order valence-electron chi connectivity index (χ4n) is 2.05. The van der Waals surface area contributed by atoms with Gasteiger partial charge < -0.3 is 5.32 Å². The molecule has 2 unspecified atom stereocenters. The van der Waals surface area contributed by atoms with Gasteiger partial charge in [0.25, 0.3) is 0 Å². The molecule has 1 aromatic rings. The summed E-state index contributed by atoms with van der Waals surface area (Å²) in [6, 6.07) is 2.50. The maximum Gasteiger partial charge on any atom is 0.128 e. The predicted octanol–water partition coefficient (Wildman–Crippen LogP) is 4.36. The Bertz CT molecular complexity index is 390. The van der Waals surface area contributed by atoms with E-state index in [0.717, 1.165) is 19.4 Å². The van der Waals surface area contributed by atoms with Gasteiger partial charge in [0, 0.05) is 11.6 Å². The quantitative estimate of drug-likeness (QED) is 0.796. The summed E-state index contributed by atoms with van der Waals surface area (Å²) in [6.45, 7) is 8.58. The highest BCUT2D eigenvalue weighted by molar-refractivity contribution is 5.28. The molecular weight excluding hydrogens is 232 g/mol. The second kappa shape index (κ2) is 6.83. The van der Waals surface area contributed by atoms with Crippen molar-refractivity contribution in [3.63, 3.8) is 0 Å². The minimum absolute atomic E-state index is 0.120. The van der Waals surface area contributed by atoms with E-state index in [4.69, 9.17) is 0 Å². The Hall–Kier alpha value is -0.960. The lowest BCUT2D eigenvalue weighted by Crippen LogP contribution is -2.28. The molecule has 0 fully saturated rings. The smallest absolute Gasteiger partial charge is 0.128 e. The van der Waals surface area contributed by atoms with Crippen molar-refractivity contribution in [1.29, 1.82) is 0 Å². The van der Waals surface area contributed by atoms with Gasteiger partial charge in [0.2, 0.25) is 0 Å². The highest BCUT2D eigenvalue weighted by Gasteiger charge is 2.21. The van der Waals surface area contributed by atoms with Gasteiger partial charge in [-0.3, -0.25) is 0 Å². The lowest BCUT2D eigenvalue weighted by molar-refractivity contribution is 0.364. The lowest BCUT2D eigenvalue weighted by Gasteiger charge is -2.25. The van der Waals surface area contributed by atoms with E-state index >= 15 is 0 Å². The highest BCUT2D eigenvalue weighted by Crippen LogP contribution is 2.28. The van der Waals surface area contributed by atoms with E-state index in [-0.39, 0.29) is 23.6 Å². The van der Waals surface area contributed by atoms with Crippen LogP contribution in [0, 0.1) is 24.5 Å². The zero-order valence-corrected chi connectivity index (χ0v) is 11.7. The third-order valence-electron chi connectivity index (χ3n) is 3.44. The molecule has 0 bridgehead atoms. The van der Waals surface area contributed by atoms with Crippen molar-refractivity contribution in [2.75, 3.05) is 6.54 Å². The van der Waals surface area contributed by atoms with E-state index in [2.05, 4.69) is 26.1 Å². The number of aryl methyl sites for hydroxylation is 1. The summed E-state index contributed by atoms with van der Waals surface area (Å²) < 4.78 is 27.6. The Morgan fingerprint density at radius 1 is 1.17 bits per heavy atom. The van der Waals surface area contributed by atoms with E-state index in [9.17, 15) is 8.78 Å². The zero-order valence-electron chi connectivity index (χ0n) is 11.7. The Morgan fingerprint density at radius 2 is 1.83 bits per heavy atom.